The highest BCUT2D eigenvalue weighted by Gasteiger charge is 2.14. The number of aromatic nitrogens is 1. The summed E-state index contributed by atoms with van der Waals surface area (Å²) in [6, 6.07) is 8.07. The second-order valence-electron chi connectivity index (χ2n) is 3.87. The zero-order valence-corrected chi connectivity index (χ0v) is 9.35. The summed E-state index contributed by atoms with van der Waals surface area (Å²) in [4.78, 5) is 11.1. The first kappa shape index (κ1) is 11.4. The number of halogens is 1. The van der Waals surface area contributed by atoms with Gasteiger partial charge in [0.25, 0.3) is 0 Å². The minimum absolute atomic E-state index is 0.202. The van der Waals surface area contributed by atoms with E-state index in [1.165, 1.54) is 10.6 Å². The third-order valence-corrected chi connectivity index (χ3v) is 2.67. The van der Waals surface area contributed by atoms with E-state index in [2.05, 4.69) is 0 Å². The van der Waals surface area contributed by atoms with Crippen LogP contribution in [0.2, 0.25) is 0 Å². The van der Waals surface area contributed by atoms with Gasteiger partial charge in [-0.1, -0.05) is 18.2 Å². The van der Waals surface area contributed by atoms with Crippen LogP contribution in [0.5, 0.6) is 0 Å². The molecular weight excluding hydrogens is 221 g/mol. The highest BCUT2D eigenvalue weighted by molar-refractivity contribution is 5.87. The van der Waals surface area contributed by atoms with E-state index in [1.54, 1.807) is 37.4 Å². The van der Waals surface area contributed by atoms with Crippen LogP contribution in [0, 0.1) is 12.7 Å². The molecular formula is C13H12FNO2. The Labute approximate surface area is 98.1 Å². The molecule has 1 heterocycles. The SMILES string of the molecule is Cc1ccn(Cc2ccccc2F)c1C(=O)O. The molecule has 0 unspecified atom stereocenters. The van der Waals surface area contributed by atoms with Crippen LogP contribution in [-0.4, -0.2) is 15.6 Å². The van der Waals surface area contributed by atoms with Crippen molar-refractivity contribution in [3.05, 3.63) is 59.2 Å². The van der Waals surface area contributed by atoms with E-state index in [0.29, 0.717) is 11.1 Å². The summed E-state index contributed by atoms with van der Waals surface area (Å²) < 4.78 is 15.0. The van der Waals surface area contributed by atoms with Gasteiger partial charge >= 0.3 is 5.97 Å². The van der Waals surface area contributed by atoms with Crippen LogP contribution in [0.3, 0.4) is 0 Å². The van der Waals surface area contributed by atoms with Gasteiger partial charge in [0.15, 0.2) is 0 Å². The van der Waals surface area contributed by atoms with Crippen molar-refractivity contribution in [2.45, 2.75) is 13.5 Å². The first-order valence-electron chi connectivity index (χ1n) is 5.22. The molecule has 0 spiro atoms. The predicted octanol–water partition coefficient (Wildman–Crippen LogP) is 2.68. The smallest absolute Gasteiger partial charge is 0.352 e. The van der Waals surface area contributed by atoms with Gasteiger partial charge < -0.3 is 9.67 Å². The van der Waals surface area contributed by atoms with Crippen LogP contribution < -0.4 is 0 Å². The molecule has 1 N–H and O–H groups in total. The molecule has 0 amide bonds. The van der Waals surface area contributed by atoms with Crippen LogP contribution in [-0.2, 0) is 6.54 Å². The lowest BCUT2D eigenvalue weighted by atomic mass is 10.2. The van der Waals surface area contributed by atoms with Crippen molar-refractivity contribution in [3.63, 3.8) is 0 Å². The number of carboxylic acids is 1. The third-order valence-electron chi connectivity index (χ3n) is 2.67. The standard InChI is InChI=1S/C13H12FNO2/c1-9-6-7-15(12(9)13(16)17)8-10-4-2-3-5-11(10)14/h2-7H,8H2,1H3,(H,16,17). The second kappa shape index (κ2) is 4.41. The molecule has 1 aromatic carbocycles. The maximum atomic E-state index is 13.5. The lowest BCUT2D eigenvalue weighted by molar-refractivity contribution is 0.0685. The Morgan fingerprint density at radius 2 is 2.06 bits per heavy atom. The first-order chi connectivity index (χ1) is 8.09. The first-order valence-corrected chi connectivity index (χ1v) is 5.22. The van der Waals surface area contributed by atoms with Gasteiger partial charge in [0, 0.05) is 11.8 Å². The van der Waals surface area contributed by atoms with Crippen molar-refractivity contribution in [1.82, 2.24) is 4.57 Å². The Kier molecular flexibility index (Phi) is 2.95. The van der Waals surface area contributed by atoms with Crippen LogP contribution in [0.4, 0.5) is 4.39 Å². The Morgan fingerprint density at radius 1 is 1.35 bits per heavy atom. The van der Waals surface area contributed by atoms with E-state index in [9.17, 15) is 9.18 Å². The fraction of sp³-hybridized carbons (Fsp3) is 0.154. The Bertz CT molecular complexity index is 560. The number of hydrogen-bond donors (Lipinski definition) is 1. The number of hydrogen-bond acceptors (Lipinski definition) is 1. The number of aromatic carboxylic acids is 1. The topological polar surface area (TPSA) is 42.2 Å². The van der Waals surface area contributed by atoms with Crippen LogP contribution in [0.15, 0.2) is 36.5 Å². The van der Waals surface area contributed by atoms with Gasteiger partial charge in [0.05, 0.1) is 6.54 Å². The lowest BCUT2D eigenvalue weighted by Crippen LogP contribution is -2.10. The largest absolute Gasteiger partial charge is 0.477 e. The number of nitrogens with zero attached hydrogens (tertiary/aromatic N) is 1. The molecule has 2 rings (SSSR count). The maximum Gasteiger partial charge on any atom is 0.352 e. The summed E-state index contributed by atoms with van der Waals surface area (Å²) in [6.45, 7) is 1.95. The van der Waals surface area contributed by atoms with E-state index >= 15 is 0 Å². The van der Waals surface area contributed by atoms with Gasteiger partial charge in [0.1, 0.15) is 11.5 Å². The summed E-state index contributed by atoms with van der Waals surface area (Å²) in [7, 11) is 0. The summed E-state index contributed by atoms with van der Waals surface area (Å²) >= 11 is 0. The molecule has 1 aromatic heterocycles. The summed E-state index contributed by atoms with van der Waals surface area (Å²) in [5.41, 5.74) is 1.35. The lowest BCUT2D eigenvalue weighted by Gasteiger charge is -2.08. The summed E-state index contributed by atoms with van der Waals surface area (Å²) in [5.74, 6) is -1.32. The average Bonchev–Trinajstić information content (AvgIpc) is 2.63. The molecule has 0 bridgehead atoms. The van der Waals surface area contributed by atoms with Gasteiger partial charge in [-0.05, 0) is 24.6 Å². The van der Waals surface area contributed by atoms with Crippen molar-refractivity contribution < 1.29 is 14.3 Å². The molecule has 0 radical (unpaired) electrons. The van der Waals surface area contributed by atoms with Crippen molar-refractivity contribution in [3.8, 4) is 0 Å². The van der Waals surface area contributed by atoms with Gasteiger partial charge in [0.2, 0.25) is 0 Å². The molecule has 0 aliphatic heterocycles. The van der Waals surface area contributed by atoms with Crippen molar-refractivity contribution in [2.24, 2.45) is 0 Å². The Hall–Kier alpha value is -2.10. The Balaban J connectivity index is 2.37. The second-order valence-corrected chi connectivity index (χ2v) is 3.87. The van der Waals surface area contributed by atoms with Crippen LogP contribution in [0.25, 0.3) is 0 Å². The zero-order chi connectivity index (χ0) is 12.4. The molecule has 17 heavy (non-hydrogen) atoms. The quantitative estimate of drug-likeness (QED) is 0.885. The van der Waals surface area contributed by atoms with E-state index in [1.807, 2.05) is 0 Å². The zero-order valence-electron chi connectivity index (χ0n) is 9.35. The Morgan fingerprint density at radius 3 is 2.71 bits per heavy atom. The monoisotopic (exact) mass is 233 g/mol. The summed E-state index contributed by atoms with van der Waals surface area (Å²) in [5, 5.41) is 9.07. The van der Waals surface area contributed by atoms with E-state index in [0.717, 1.165) is 0 Å². The highest BCUT2D eigenvalue weighted by atomic mass is 19.1. The van der Waals surface area contributed by atoms with Gasteiger partial charge in [-0.25, -0.2) is 9.18 Å². The average molecular weight is 233 g/mol. The third kappa shape index (κ3) is 2.20. The molecule has 0 aliphatic carbocycles. The number of aryl methyl sites for hydroxylation is 1. The minimum atomic E-state index is -0.996. The summed E-state index contributed by atoms with van der Waals surface area (Å²) in [6.07, 6.45) is 1.66. The van der Waals surface area contributed by atoms with E-state index in [4.69, 9.17) is 5.11 Å². The molecule has 0 fully saturated rings. The normalized spacial score (nSPS) is 10.5. The van der Waals surface area contributed by atoms with Crippen LogP contribution >= 0.6 is 0 Å². The van der Waals surface area contributed by atoms with Crippen molar-refractivity contribution in [2.75, 3.05) is 0 Å². The number of rotatable bonds is 3. The molecule has 2 aromatic rings. The van der Waals surface area contributed by atoms with E-state index in [-0.39, 0.29) is 18.1 Å². The fourth-order valence-corrected chi connectivity index (χ4v) is 1.82. The maximum absolute atomic E-state index is 13.5. The van der Waals surface area contributed by atoms with Crippen molar-refractivity contribution >= 4 is 5.97 Å². The number of carboxylic acid groups (broad SMARTS) is 1. The highest BCUT2D eigenvalue weighted by Crippen LogP contribution is 2.14. The molecule has 0 saturated heterocycles. The molecule has 88 valence electrons. The molecule has 3 nitrogen and oxygen atoms in total. The predicted molar refractivity (Wildman–Crippen MR) is 61.6 cm³/mol. The van der Waals surface area contributed by atoms with Gasteiger partial charge in [-0.2, -0.15) is 0 Å². The molecule has 4 heteroatoms. The van der Waals surface area contributed by atoms with Crippen molar-refractivity contribution in [1.29, 1.82) is 0 Å². The fourth-order valence-electron chi connectivity index (χ4n) is 1.82. The number of benzene rings is 1. The minimum Gasteiger partial charge on any atom is -0.477 e. The van der Waals surface area contributed by atoms with Gasteiger partial charge in [-0.15, -0.1) is 0 Å². The van der Waals surface area contributed by atoms with Crippen LogP contribution in [0.1, 0.15) is 21.6 Å². The number of carbonyl (C=O) groups is 1. The van der Waals surface area contributed by atoms with Gasteiger partial charge in [-0.3, -0.25) is 0 Å². The molecule has 0 atom stereocenters. The molecule has 0 saturated carbocycles. The van der Waals surface area contributed by atoms with E-state index < -0.39 is 5.97 Å². The molecule has 0 aliphatic rings.